The molecule has 7 aliphatic rings. The van der Waals surface area contributed by atoms with Gasteiger partial charge < -0.3 is 47.7 Å². The molecule has 328 valence electrons. The summed E-state index contributed by atoms with van der Waals surface area (Å²) in [4.78, 5) is 43.1. The van der Waals surface area contributed by atoms with Gasteiger partial charge in [-0.3, -0.25) is 9.59 Å². The summed E-state index contributed by atoms with van der Waals surface area (Å²) in [6.45, 7) is 8.18. The molecular formula is C45H68N4O10. The normalized spacial score (nSPS) is 45.0. The van der Waals surface area contributed by atoms with Crippen molar-refractivity contribution in [1.82, 2.24) is 14.9 Å². The summed E-state index contributed by atoms with van der Waals surface area (Å²) in [6.07, 6.45) is 9.23. The number of hydrogen-bond donors (Lipinski definition) is 0. The Kier molecular flexibility index (Phi) is 13.2. The summed E-state index contributed by atoms with van der Waals surface area (Å²) >= 11 is 0. The highest BCUT2D eigenvalue weighted by atomic mass is 16.7. The molecule has 0 N–H and O–H groups in total. The third-order valence-electron chi connectivity index (χ3n) is 15.2. The summed E-state index contributed by atoms with van der Waals surface area (Å²) in [5, 5.41) is 0. The van der Waals surface area contributed by atoms with Crippen LogP contribution in [-0.4, -0.2) is 142 Å². The van der Waals surface area contributed by atoms with Gasteiger partial charge in [0.25, 0.3) is 0 Å². The van der Waals surface area contributed by atoms with Crippen molar-refractivity contribution in [1.29, 1.82) is 0 Å². The molecule has 8 rings (SSSR count). The molecule has 4 saturated heterocycles. The zero-order valence-electron chi connectivity index (χ0n) is 36.5. The van der Waals surface area contributed by atoms with Crippen molar-refractivity contribution in [3.8, 4) is 0 Å². The van der Waals surface area contributed by atoms with E-state index in [0.29, 0.717) is 18.4 Å². The van der Waals surface area contributed by atoms with E-state index in [4.69, 9.17) is 47.9 Å². The molecule has 0 bridgehead atoms. The number of nitrogens with zero attached hydrogens (tertiary/aromatic N) is 4. The number of ketones is 1. The van der Waals surface area contributed by atoms with Crippen molar-refractivity contribution < 1.29 is 47.5 Å². The lowest BCUT2D eigenvalue weighted by Gasteiger charge is -2.44. The van der Waals surface area contributed by atoms with Crippen LogP contribution in [0.2, 0.25) is 0 Å². The Morgan fingerprint density at radius 2 is 1.58 bits per heavy atom. The number of carbonyl (C=O) groups excluding carboxylic acids is 2. The highest BCUT2D eigenvalue weighted by Crippen LogP contribution is 2.64. The maximum absolute atomic E-state index is 15.1. The van der Waals surface area contributed by atoms with Gasteiger partial charge >= 0.3 is 5.97 Å². The third kappa shape index (κ3) is 8.26. The van der Waals surface area contributed by atoms with Crippen molar-refractivity contribution in [2.24, 2.45) is 35.5 Å². The number of rotatable bonds is 10. The van der Waals surface area contributed by atoms with Crippen LogP contribution in [0.15, 0.2) is 30.1 Å². The van der Waals surface area contributed by atoms with Crippen molar-refractivity contribution in [2.75, 3.05) is 40.3 Å². The molecule has 3 aliphatic carbocycles. The first-order valence-electron chi connectivity index (χ1n) is 22.3. The van der Waals surface area contributed by atoms with Gasteiger partial charge in [0.05, 0.1) is 42.9 Å². The maximum atomic E-state index is 15.1. The summed E-state index contributed by atoms with van der Waals surface area (Å²) in [5.74, 6) is 0.339. The first-order valence-corrected chi connectivity index (χ1v) is 22.3. The second-order valence-corrected chi connectivity index (χ2v) is 18.5. The van der Waals surface area contributed by atoms with E-state index in [0.717, 1.165) is 50.5 Å². The van der Waals surface area contributed by atoms with E-state index >= 15 is 4.79 Å². The van der Waals surface area contributed by atoms with Crippen LogP contribution in [0, 0.1) is 35.5 Å². The van der Waals surface area contributed by atoms with Crippen LogP contribution < -0.4 is 4.90 Å². The zero-order chi connectivity index (χ0) is 41.7. The average Bonchev–Trinajstić information content (AvgIpc) is 3.63. The lowest BCUT2D eigenvalue weighted by atomic mass is 9.66. The molecule has 0 radical (unpaired) electrons. The van der Waals surface area contributed by atoms with Gasteiger partial charge in [-0.1, -0.05) is 19.9 Å². The molecule has 2 saturated carbocycles. The van der Waals surface area contributed by atoms with Gasteiger partial charge in [-0.25, -0.2) is 9.97 Å². The number of cyclic esters (lactones) is 1. The fourth-order valence-corrected chi connectivity index (χ4v) is 12.3. The Morgan fingerprint density at radius 1 is 0.847 bits per heavy atom. The minimum atomic E-state index is -0.640. The van der Waals surface area contributed by atoms with Crippen molar-refractivity contribution in [2.45, 2.75) is 165 Å². The number of likely N-dealkylation sites (N-methyl/N-ethyl adjacent to an activating group) is 1. The number of esters is 1. The lowest BCUT2D eigenvalue weighted by molar-refractivity contribution is -0.314. The topological polar surface area (TPSA) is 140 Å². The van der Waals surface area contributed by atoms with E-state index in [1.807, 2.05) is 19.9 Å². The SMILES string of the molecule is CC[C@H]1CCC[C@H](O[C@H]2CC[C@H](N(C)C)C(C)O2)[C@@H](C)C(=O)C2=C[C@H]3[C@@H]4C[C@H](O[C@@H]5OC(C)[C@H](OC)C(OC)[C@@H]5OC)C[C@H]4[C@H]4[C@@H]([C@H]3[C@@H]2CC(=O)O1)N4c1ncccn1. The summed E-state index contributed by atoms with van der Waals surface area (Å²) < 4.78 is 50.4. The number of allylic oxidation sites excluding steroid dienone is 2. The molecular weight excluding hydrogens is 757 g/mol. The first kappa shape index (κ1) is 43.1. The number of carbonyl (C=O) groups is 2. The van der Waals surface area contributed by atoms with Gasteiger partial charge in [0.15, 0.2) is 18.4 Å². The van der Waals surface area contributed by atoms with Gasteiger partial charge in [-0.05, 0) is 115 Å². The summed E-state index contributed by atoms with van der Waals surface area (Å²) in [5.41, 5.74) is 0.749. The molecule has 0 aromatic carbocycles. The fourth-order valence-electron chi connectivity index (χ4n) is 12.3. The van der Waals surface area contributed by atoms with E-state index < -0.39 is 18.3 Å². The first-order chi connectivity index (χ1) is 28.5. The van der Waals surface area contributed by atoms with E-state index in [1.54, 1.807) is 33.7 Å². The summed E-state index contributed by atoms with van der Waals surface area (Å²) in [6, 6.07) is 2.37. The Hall–Kier alpha value is -2.56. The Labute approximate surface area is 350 Å². The standard InChI is InChI=1S/C45H68N4O10/c1-10-26-13-11-14-34(59-36-16-15-33(48(5)6)24(3)55-36)23(2)40(51)32-21-29-28-19-27(58-44-43(54-9)42(53-8)41(52-7)25(4)56-44)20-31(28)38-39(37(29)30(32)22-35(50)57-26)49(38)45-46-17-12-18-47-45/h12,17-18,21,23-31,33-34,36-39,41-44H,10-11,13-16,19-20,22H2,1-9H3/t23-,24?,25?,26+,27+,28+,29+,30-,31-,33+,34+,36+,37-,38+,39-,41+,42?,43+,44+,49?/m1/s1. The van der Waals surface area contributed by atoms with E-state index in [9.17, 15) is 4.79 Å². The predicted octanol–water partition coefficient (Wildman–Crippen LogP) is 4.98. The molecule has 6 fully saturated rings. The molecule has 3 unspecified atom stereocenters. The highest BCUT2D eigenvalue weighted by Gasteiger charge is 2.70. The maximum Gasteiger partial charge on any atom is 0.306 e. The predicted molar refractivity (Wildman–Crippen MR) is 217 cm³/mol. The number of Topliss-reactive ketones (excluding diaryl/α,β-unsaturated/α-hetero) is 1. The number of hydrogen-bond acceptors (Lipinski definition) is 14. The van der Waals surface area contributed by atoms with Gasteiger partial charge in [0, 0.05) is 51.6 Å². The van der Waals surface area contributed by atoms with Gasteiger partial charge in [0.1, 0.15) is 24.4 Å². The van der Waals surface area contributed by atoms with Crippen LogP contribution >= 0.6 is 0 Å². The Bertz CT molecular complexity index is 1650. The summed E-state index contributed by atoms with van der Waals surface area (Å²) in [7, 11) is 9.16. The van der Waals surface area contributed by atoms with Crippen LogP contribution in [-0.2, 0) is 47.5 Å². The van der Waals surface area contributed by atoms with E-state index in [-0.39, 0.29) is 109 Å². The third-order valence-corrected chi connectivity index (χ3v) is 15.2. The number of methoxy groups -OCH3 is 3. The number of fused-ring (bicyclic) bond motifs is 8. The van der Waals surface area contributed by atoms with Crippen molar-refractivity contribution >= 4 is 17.7 Å². The largest absolute Gasteiger partial charge is 0.462 e. The smallest absolute Gasteiger partial charge is 0.306 e. The monoisotopic (exact) mass is 824 g/mol. The van der Waals surface area contributed by atoms with Crippen LogP contribution in [0.3, 0.4) is 0 Å². The second kappa shape index (κ2) is 18.0. The van der Waals surface area contributed by atoms with E-state index in [2.05, 4.69) is 43.8 Å². The van der Waals surface area contributed by atoms with Crippen LogP contribution in [0.5, 0.6) is 0 Å². The molecule has 1 aromatic heterocycles. The lowest BCUT2D eigenvalue weighted by Crippen LogP contribution is -2.59. The quantitative estimate of drug-likeness (QED) is 0.232. The molecule has 14 nitrogen and oxygen atoms in total. The van der Waals surface area contributed by atoms with Gasteiger partial charge in [0.2, 0.25) is 5.95 Å². The molecule has 0 spiro atoms. The van der Waals surface area contributed by atoms with Crippen molar-refractivity contribution in [3.63, 3.8) is 0 Å². The van der Waals surface area contributed by atoms with Gasteiger partial charge in [-0.2, -0.15) is 0 Å². The Morgan fingerprint density at radius 3 is 2.25 bits per heavy atom. The van der Waals surface area contributed by atoms with Crippen LogP contribution in [0.25, 0.3) is 0 Å². The molecule has 19 atom stereocenters. The molecule has 59 heavy (non-hydrogen) atoms. The van der Waals surface area contributed by atoms with Gasteiger partial charge in [-0.15, -0.1) is 0 Å². The second-order valence-electron chi connectivity index (χ2n) is 18.5. The zero-order valence-corrected chi connectivity index (χ0v) is 36.5. The molecule has 4 aliphatic heterocycles. The number of ether oxygens (including phenoxy) is 8. The molecule has 0 amide bonds. The molecule has 1 aromatic rings. The van der Waals surface area contributed by atoms with Crippen molar-refractivity contribution in [3.05, 3.63) is 30.1 Å². The highest BCUT2D eigenvalue weighted by molar-refractivity contribution is 5.99. The molecule has 5 heterocycles. The minimum Gasteiger partial charge on any atom is -0.462 e. The average molecular weight is 825 g/mol. The number of aromatic nitrogens is 2. The van der Waals surface area contributed by atoms with Crippen LogP contribution in [0.4, 0.5) is 5.95 Å². The fraction of sp³-hybridized carbons (Fsp3) is 0.822. The number of anilines is 1. The Balaban J connectivity index is 1.10. The molecule has 14 heteroatoms. The van der Waals surface area contributed by atoms with Crippen LogP contribution in [0.1, 0.15) is 85.5 Å². The van der Waals surface area contributed by atoms with E-state index in [1.165, 1.54) is 0 Å². The minimum absolute atomic E-state index is 0.00777.